The van der Waals surface area contributed by atoms with Crippen LogP contribution in [0.2, 0.25) is 0 Å². The van der Waals surface area contributed by atoms with Gasteiger partial charge in [-0.15, -0.1) is 0 Å². The molecule has 0 saturated carbocycles. The van der Waals surface area contributed by atoms with Gasteiger partial charge in [0.25, 0.3) is 0 Å². The van der Waals surface area contributed by atoms with E-state index in [2.05, 4.69) is 4.99 Å². The average molecular weight is 128 g/mol. The molecule has 0 aromatic heterocycles. The Morgan fingerprint density at radius 3 is 3.11 bits per heavy atom. The molecule has 2 N–H and O–H groups in total. The molecule has 0 aromatic rings. The lowest BCUT2D eigenvalue weighted by molar-refractivity contribution is 0.310. The smallest absolute Gasteiger partial charge is 0.180 e. The molecule has 9 heavy (non-hydrogen) atoms. The van der Waals surface area contributed by atoms with Gasteiger partial charge in [-0.25, -0.2) is 4.99 Å². The van der Waals surface area contributed by atoms with Gasteiger partial charge in [0.05, 0.1) is 6.04 Å². The quantitative estimate of drug-likeness (QED) is 0.575. The maximum Gasteiger partial charge on any atom is 0.180 e. The maximum atomic E-state index is 5.33. The zero-order valence-electron chi connectivity index (χ0n) is 5.63. The van der Waals surface area contributed by atoms with Crippen LogP contribution in [0.25, 0.3) is 0 Å². The molecule has 1 rings (SSSR count). The van der Waals surface area contributed by atoms with Crippen LogP contribution in [0.3, 0.4) is 0 Å². The summed E-state index contributed by atoms with van der Waals surface area (Å²) in [5, 5.41) is 0. The summed E-state index contributed by atoms with van der Waals surface area (Å²) in [5.41, 5.74) is 5.33. The van der Waals surface area contributed by atoms with Gasteiger partial charge in [-0.3, -0.25) is 0 Å². The fourth-order valence-electron chi connectivity index (χ4n) is 0.889. The molecule has 1 heterocycles. The van der Waals surface area contributed by atoms with Crippen LogP contribution < -0.4 is 5.73 Å². The van der Waals surface area contributed by atoms with Crippen molar-refractivity contribution < 1.29 is 4.74 Å². The van der Waals surface area contributed by atoms with E-state index in [1.807, 2.05) is 6.92 Å². The second kappa shape index (κ2) is 2.82. The summed E-state index contributed by atoms with van der Waals surface area (Å²) in [6, 6.07) is 0.329. The number of nitrogens with two attached hydrogens (primary N) is 1. The molecule has 0 bridgehead atoms. The molecular weight excluding hydrogens is 116 g/mol. The maximum absolute atomic E-state index is 5.33. The molecule has 0 amide bonds. The van der Waals surface area contributed by atoms with Gasteiger partial charge in [-0.05, 0) is 13.0 Å². The third kappa shape index (κ3) is 1.68. The van der Waals surface area contributed by atoms with Crippen molar-refractivity contribution >= 4 is 5.90 Å². The van der Waals surface area contributed by atoms with Crippen molar-refractivity contribution in [2.75, 3.05) is 13.2 Å². The number of hydrogen-bond donors (Lipinski definition) is 1. The number of nitrogens with zero attached hydrogens (tertiary/aromatic N) is 1. The van der Waals surface area contributed by atoms with Gasteiger partial charge in [0.15, 0.2) is 5.90 Å². The van der Waals surface area contributed by atoms with Gasteiger partial charge < -0.3 is 10.5 Å². The number of ether oxygens (including phenoxy) is 1. The Morgan fingerprint density at radius 2 is 2.67 bits per heavy atom. The van der Waals surface area contributed by atoms with E-state index >= 15 is 0 Å². The standard InChI is InChI=1S/C6H12N2O/c1-5-8-6(2-3-7)4-9-5/h6H,2-4,7H2,1H3. The lowest BCUT2D eigenvalue weighted by Gasteiger charge is -1.99. The molecule has 0 spiro atoms. The average Bonchev–Trinajstić information content (AvgIpc) is 2.17. The van der Waals surface area contributed by atoms with Crippen molar-refractivity contribution in [2.45, 2.75) is 19.4 Å². The van der Waals surface area contributed by atoms with Crippen LogP contribution in [0.1, 0.15) is 13.3 Å². The van der Waals surface area contributed by atoms with Gasteiger partial charge in [0.2, 0.25) is 0 Å². The Hall–Kier alpha value is -0.570. The van der Waals surface area contributed by atoms with Crippen molar-refractivity contribution in [2.24, 2.45) is 10.7 Å². The van der Waals surface area contributed by atoms with E-state index in [1.165, 1.54) is 0 Å². The first-order valence-corrected chi connectivity index (χ1v) is 3.20. The van der Waals surface area contributed by atoms with Crippen LogP contribution in [0.15, 0.2) is 4.99 Å². The number of rotatable bonds is 2. The largest absolute Gasteiger partial charge is 0.479 e. The monoisotopic (exact) mass is 128 g/mol. The van der Waals surface area contributed by atoms with Crippen molar-refractivity contribution in [1.82, 2.24) is 0 Å². The van der Waals surface area contributed by atoms with E-state index in [1.54, 1.807) is 0 Å². The summed E-state index contributed by atoms with van der Waals surface area (Å²) in [7, 11) is 0. The molecule has 0 saturated heterocycles. The molecule has 0 radical (unpaired) electrons. The topological polar surface area (TPSA) is 47.6 Å². The third-order valence-electron chi connectivity index (χ3n) is 1.35. The highest BCUT2D eigenvalue weighted by Gasteiger charge is 2.13. The van der Waals surface area contributed by atoms with Gasteiger partial charge in [0.1, 0.15) is 6.61 Å². The molecule has 0 aromatic carbocycles. The van der Waals surface area contributed by atoms with Crippen LogP contribution in [-0.2, 0) is 4.74 Å². The van der Waals surface area contributed by atoms with Crippen LogP contribution >= 0.6 is 0 Å². The van der Waals surface area contributed by atoms with Gasteiger partial charge >= 0.3 is 0 Å². The molecule has 3 heteroatoms. The number of aliphatic imine (C=N–C) groups is 1. The minimum atomic E-state index is 0.329. The SMILES string of the molecule is CC1=NC(CCN)CO1. The van der Waals surface area contributed by atoms with Gasteiger partial charge in [-0.1, -0.05) is 0 Å². The first-order chi connectivity index (χ1) is 4.33. The predicted octanol–water partition coefficient (Wildman–Crippen LogP) is 0.152. The van der Waals surface area contributed by atoms with Gasteiger partial charge in [-0.2, -0.15) is 0 Å². The Labute approximate surface area is 54.9 Å². The second-order valence-corrected chi connectivity index (χ2v) is 2.19. The summed E-state index contributed by atoms with van der Waals surface area (Å²) in [4.78, 5) is 4.19. The zero-order valence-corrected chi connectivity index (χ0v) is 5.63. The van der Waals surface area contributed by atoms with Crippen LogP contribution in [0.5, 0.6) is 0 Å². The van der Waals surface area contributed by atoms with E-state index in [9.17, 15) is 0 Å². The van der Waals surface area contributed by atoms with E-state index in [-0.39, 0.29) is 0 Å². The molecule has 1 aliphatic heterocycles. The highest BCUT2D eigenvalue weighted by atomic mass is 16.5. The Balaban J connectivity index is 2.29. The Kier molecular flexibility index (Phi) is 2.05. The summed E-state index contributed by atoms with van der Waals surface area (Å²) in [6.07, 6.45) is 0.942. The van der Waals surface area contributed by atoms with E-state index in [0.717, 1.165) is 18.9 Å². The third-order valence-corrected chi connectivity index (χ3v) is 1.35. The minimum Gasteiger partial charge on any atom is -0.479 e. The zero-order chi connectivity index (χ0) is 6.69. The molecule has 1 unspecified atom stereocenters. The van der Waals surface area contributed by atoms with Crippen LogP contribution in [0.4, 0.5) is 0 Å². The summed E-state index contributed by atoms with van der Waals surface area (Å²) < 4.78 is 5.11. The fraction of sp³-hybridized carbons (Fsp3) is 0.833. The first-order valence-electron chi connectivity index (χ1n) is 3.20. The van der Waals surface area contributed by atoms with Crippen molar-refractivity contribution in [3.63, 3.8) is 0 Å². The van der Waals surface area contributed by atoms with E-state index < -0.39 is 0 Å². The highest BCUT2D eigenvalue weighted by Crippen LogP contribution is 2.06. The second-order valence-electron chi connectivity index (χ2n) is 2.19. The van der Waals surface area contributed by atoms with Gasteiger partial charge in [0, 0.05) is 6.92 Å². The van der Waals surface area contributed by atoms with Crippen molar-refractivity contribution in [3.05, 3.63) is 0 Å². The first kappa shape index (κ1) is 6.55. The lowest BCUT2D eigenvalue weighted by atomic mass is 10.2. The fourth-order valence-corrected chi connectivity index (χ4v) is 0.889. The van der Waals surface area contributed by atoms with Crippen LogP contribution in [0, 0.1) is 0 Å². The molecule has 0 fully saturated rings. The van der Waals surface area contributed by atoms with E-state index in [4.69, 9.17) is 10.5 Å². The Morgan fingerprint density at radius 1 is 1.89 bits per heavy atom. The number of hydrogen-bond acceptors (Lipinski definition) is 3. The molecule has 1 atom stereocenters. The molecule has 1 aliphatic rings. The molecule has 0 aliphatic carbocycles. The van der Waals surface area contributed by atoms with Crippen molar-refractivity contribution in [1.29, 1.82) is 0 Å². The predicted molar refractivity (Wildman–Crippen MR) is 36.5 cm³/mol. The summed E-state index contributed by atoms with van der Waals surface area (Å²) >= 11 is 0. The molecular formula is C6H12N2O. The van der Waals surface area contributed by atoms with Crippen molar-refractivity contribution in [3.8, 4) is 0 Å². The Bertz CT molecular complexity index is 122. The van der Waals surface area contributed by atoms with Crippen LogP contribution in [-0.4, -0.2) is 25.1 Å². The molecule has 3 nitrogen and oxygen atoms in total. The highest BCUT2D eigenvalue weighted by molar-refractivity contribution is 5.74. The summed E-state index contributed by atoms with van der Waals surface area (Å²) in [5.74, 6) is 0.799. The minimum absolute atomic E-state index is 0.329. The molecule has 52 valence electrons. The lowest BCUT2D eigenvalue weighted by Crippen LogP contribution is -2.12. The normalized spacial score (nSPS) is 25.6. The van der Waals surface area contributed by atoms with E-state index in [0.29, 0.717) is 12.6 Å². The summed E-state index contributed by atoms with van der Waals surface area (Å²) in [6.45, 7) is 3.30.